The van der Waals surface area contributed by atoms with Gasteiger partial charge in [-0.1, -0.05) is 11.8 Å². The molecule has 0 spiro atoms. The fourth-order valence-corrected chi connectivity index (χ4v) is 6.27. The number of carbonyl (C=O) groups excluding carboxylic acids is 2. The SMILES string of the molecule is O=C(CCN1CCSC1=O)Nc1cc(S(=O)(=O)N2CCOCC2)ccc1NCC1CCCO1. The van der Waals surface area contributed by atoms with Crippen LogP contribution in [0.25, 0.3) is 0 Å². The van der Waals surface area contributed by atoms with E-state index in [9.17, 15) is 18.0 Å². The Labute approximate surface area is 198 Å². The van der Waals surface area contributed by atoms with Gasteiger partial charge in [-0.25, -0.2) is 8.42 Å². The normalized spacial score (nSPS) is 22.0. The lowest BCUT2D eigenvalue weighted by Gasteiger charge is -2.26. The quantitative estimate of drug-likeness (QED) is 0.529. The molecule has 10 nitrogen and oxygen atoms in total. The molecule has 182 valence electrons. The Morgan fingerprint density at radius 3 is 2.67 bits per heavy atom. The van der Waals surface area contributed by atoms with Crippen molar-refractivity contribution in [1.82, 2.24) is 9.21 Å². The maximum atomic E-state index is 13.1. The Morgan fingerprint density at radius 1 is 1.15 bits per heavy atom. The van der Waals surface area contributed by atoms with Gasteiger partial charge >= 0.3 is 0 Å². The zero-order chi connectivity index (χ0) is 23.3. The summed E-state index contributed by atoms with van der Waals surface area (Å²) in [5.74, 6) is 0.458. The molecule has 4 rings (SSSR count). The highest BCUT2D eigenvalue weighted by molar-refractivity contribution is 8.13. The Kier molecular flexibility index (Phi) is 8.12. The summed E-state index contributed by atoms with van der Waals surface area (Å²) in [6.07, 6.45) is 2.20. The van der Waals surface area contributed by atoms with Crippen LogP contribution in [0.1, 0.15) is 19.3 Å². The summed E-state index contributed by atoms with van der Waals surface area (Å²) in [6.45, 7) is 3.59. The Hall–Kier alpha value is -1.86. The molecule has 3 saturated heterocycles. The maximum absolute atomic E-state index is 13.1. The molecular formula is C21H30N4O6S2. The van der Waals surface area contributed by atoms with Gasteiger partial charge in [-0.15, -0.1) is 0 Å². The standard InChI is InChI=1S/C21H30N4O6S2/c26-20(5-6-24-9-13-32-21(24)27)23-19-14-17(33(28,29)25-7-11-30-12-8-25)3-4-18(19)22-15-16-2-1-10-31-16/h3-4,14,16,22H,1-2,5-13,15H2,(H,23,26). The molecule has 0 radical (unpaired) electrons. The zero-order valence-corrected chi connectivity index (χ0v) is 20.1. The summed E-state index contributed by atoms with van der Waals surface area (Å²) in [5.41, 5.74) is 1.03. The number of thioether (sulfide) groups is 1. The van der Waals surface area contributed by atoms with Crippen LogP contribution in [0.5, 0.6) is 0 Å². The lowest BCUT2D eigenvalue weighted by molar-refractivity contribution is -0.116. The minimum absolute atomic E-state index is 0.0136. The van der Waals surface area contributed by atoms with Crippen molar-refractivity contribution in [2.45, 2.75) is 30.3 Å². The number of amides is 2. The average Bonchev–Trinajstić information content (AvgIpc) is 3.49. The van der Waals surface area contributed by atoms with E-state index in [1.54, 1.807) is 17.0 Å². The van der Waals surface area contributed by atoms with E-state index in [1.807, 2.05) is 0 Å². The molecule has 3 heterocycles. The molecule has 0 aliphatic carbocycles. The molecule has 0 aromatic heterocycles. The van der Waals surface area contributed by atoms with Crippen molar-refractivity contribution in [3.63, 3.8) is 0 Å². The second-order valence-electron chi connectivity index (χ2n) is 8.14. The fraction of sp³-hybridized carbons (Fsp3) is 0.619. The third-order valence-electron chi connectivity index (χ3n) is 5.87. The zero-order valence-electron chi connectivity index (χ0n) is 18.5. The van der Waals surface area contributed by atoms with E-state index >= 15 is 0 Å². The van der Waals surface area contributed by atoms with Gasteiger partial charge in [0.05, 0.1) is 35.6 Å². The number of benzene rings is 1. The first kappa shape index (κ1) is 24.3. The summed E-state index contributed by atoms with van der Waals surface area (Å²) in [6, 6.07) is 4.73. The highest BCUT2D eigenvalue weighted by Gasteiger charge is 2.28. The molecule has 1 aromatic rings. The van der Waals surface area contributed by atoms with Crippen molar-refractivity contribution in [2.24, 2.45) is 0 Å². The lowest BCUT2D eigenvalue weighted by atomic mass is 10.2. The molecule has 1 aromatic carbocycles. The van der Waals surface area contributed by atoms with Crippen molar-refractivity contribution in [2.75, 3.05) is 68.9 Å². The smallest absolute Gasteiger partial charge is 0.281 e. The molecular weight excluding hydrogens is 468 g/mol. The second kappa shape index (κ2) is 11.0. The van der Waals surface area contributed by atoms with E-state index in [-0.39, 0.29) is 28.6 Å². The van der Waals surface area contributed by atoms with Gasteiger partial charge in [0.1, 0.15) is 0 Å². The van der Waals surface area contributed by atoms with Crippen LogP contribution in [0.4, 0.5) is 16.2 Å². The van der Waals surface area contributed by atoms with E-state index in [4.69, 9.17) is 9.47 Å². The average molecular weight is 499 g/mol. The van der Waals surface area contributed by atoms with Crippen molar-refractivity contribution in [1.29, 1.82) is 0 Å². The number of carbonyl (C=O) groups is 2. The van der Waals surface area contributed by atoms with E-state index < -0.39 is 10.0 Å². The maximum Gasteiger partial charge on any atom is 0.281 e. The molecule has 2 amide bonds. The van der Waals surface area contributed by atoms with Gasteiger partial charge in [-0.3, -0.25) is 9.59 Å². The topological polar surface area (TPSA) is 117 Å². The largest absolute Gasteiger partial charge is 0.381 e. The first-order valence-electron chi connectivity index (χ1n) is 11.2. The van der Waals surface area contributed by atoms with Crippen LogP contribution in [0.15, 0.2) is 23.1 Å². The third kappa shape index (κ3) is 6.18. The molecule has 3 aliphatic rings. The van der Waals surface area contributed by atoms with Gasteiger partial charge in [0, 0.05) is 51.5 Å². The second-order valence-corrected chi connectivity index (χ2v) is 11.1. The predicted octanol–water partition coefficient (Wildman–Crippen LogP) is 1.80. The molecule has 1 unspecified atom stereocenters. The number of sulfonamides is 1. The van der Waals surface area contributed by atoms with E-state index in [0.717, 1.165) is 25.2 Å². The van der Waals surface area contributed by atoms with Crippen molar-refractivity contribution in [3.8, 4) is 0 Å². The van der Waals surface area contributed by atoms with Crippen LogP contribution in [0.2, 0.25) is 0 Å². The van der Waals surface area contributed by atoms with Crippen LogP contribution >= 0.6 is 11.8 Å². The van der Waals surface area contributed by atoms with E-state index in [0.29, 0.717) is 57.3 Å². The fourth-order valence-electron chi connectivity index (χ4n) is 3.98. The number of anilines is 2. The van der Waals surface area contributed by atoms with E-state index in [1.165, 1.54) is 22.1 Å². The first-order valence-corrected chi connectivity index (χ1v) is 13.6. The number of nitrogens with zero attached hydrogens (tertiary/aromatic N) is 2. The summed E-state index contributed by atoms with van der Waals surface area (Å²) < 4.78 is 38.5. The van der Waals surface area contributed by atoms with Crippen LogP contribution in [-0.2, 0) is 24.3 Å². The summed E-state index contributed by atoms with van der Waals surface area (Å²) >= 11 is 1.25. The minimum Gasteiger partial charge on any atom is -0.381 e. The number of ether oxygens (including phenoxy) is 2. The molecule has 12 heteroatoms. The number of morpholine rings is 1. The number of hydrogen-bond acceptors (Lipinski definition) is 8. The van der Waals surface area contributed by atoms with Gasteiger partial charge < -0.3 is 25.0 Å². The molecule has 2 N–H and O–H groups in total. The Morgan fingerprint density at radius 2 is 1.97 bits per heavy atom. The molecule has 0 bridgehead atoms. The number of hydrogen-bond donors (Lipinski definition) is 2. The van der Waals surface area contributed by atoms with E-state index in [2.05, 4.69) is 10.6 Å². The molecule has 1 atom stereocenters. The van der Waals surface area contributed by atoms with Crippen molar-refractivity contribution < 1.29 is 27.5 Å². The van der Waals surface area contributed by atoms with Crippen LogP contribution in [0, 0.1) is 0 Å². The molecule has 3 aliphatic heterocycles. The Bertz CT molecular complexity index is 962. The Balaban J connectivity index is 1.49. The van der Waals surface area contributed by atoms with Crippen LogP contribution < -0.4 is 10.6 Å². The first-order chi connectivity index (χ1) is 15.9. The van der Waals surface area contributed by atoms with Gasteiger partial charge in [0.15, 0.2) is 0 Å². The summed E-state index contributed by atoms with van der Waals surface area (Å²) in [4.78, 5) is 26.2. The van der Waals surface area contributed by atoms with Crippen molar-refractivity contribution in [3.05, 3.63) is 18.2 Å². The van der Waals surface area contributed by atoms with Crippen molar-refractivity contribution >= 4 is 44.3 Å². The number of nitrogens with one attached hydrogen (secondary N) is 2. The summed E-state index contributed by atoms with van der Waals surface area (Å²) in [7, 11) is -3.71. The minimum atomic E-state index is -3.71. The lowest BCUT2D eigenvalue weighted by Crippen LogP contribution is -2.40. The van der Waals surface area contributed by atoms with Gasteiger partial charge in [-0.2, -0.15) is 4.31 Å². The molecule has 3 fully saturated rings. The highest BCUT2D eigenvalue weighted by atomic mass is 32.2. The monoisotopic (exact) mass is 498 g/mol. The van der Waals surface area contributed by atoms with Gasteiger partial charge in [0.25, 0.3) is 5.24 Å². The van der Waals surface area contributed by atoms with Crippen LogP contribution in [0.3, 0.4) is 0 Å². The highest BCUT2D eigenvalue weighted by Crippen LogP contribution is 2.29. The van der Waals surface area contributed by atoms with Gasteiger partial charge in [0.2, 0.25) is 15.9 Å². The van der Waals surface area contributed by atoms with Gasteiger partial charge in [-0.05, 0) is 31.0 Å². The summed E-state index contributed by atoms with van der Waals surface area (Å²) in [5, 5.41) is 6.12. The predicted molar refractivity (Wildman–Crippen MR) is 126 cm³/mol. The molecule has 33 heavy (non-hydrogen) atoms. The number of rotatable bonds is 9. The molecule has 0 saturated carbocycles. The third-order valence-corrected chi connectivity index (χ3v) is 8.66. The van der Waals surface area contributed by atoms with Crippen LogP contribution in [-0.4, -0.2) is 93.2 Å².